The van der Waals surface area contributed by atoms with Gasteiger partial charge < -0.3 is 15.2 Å². The molecule has 3 heterocycles. The molecule has 9 heteroatoms. The molecular formula is C26H28Cl2F2N2O3. The number of nitrogens with zero attached hydrogens (tertiary/aromatic N) is 1. The molecule has 0 bridgehead atoms. The van der Waals surface area contributed by atoms with Crippen LogP contribution in [0.5, 0.6) is 0 Å². The Hall–Kier alpha value is -1.77. The SMILES string of the molecule is CCC1(CC2N3C(C(=O)OC3(C)C)C(c3cccc(Cl)c3F)C2(N)c2ccc(Cl)cc2F)COC1. The van der Waals surface area contributed by atoms with Gasteiger partial charge in [-0.15, -0.1) is 0 Å². The lowest BCUT2D eigenvalue weighted by atomic mass is 9.66. The molecule has 4 unspecified atom stereocenters. The van der Waals surface area contributed by atoms with Crippen LogP contribution in [-0.4, -0.2) is 41.9 Å². The number of nitrogens with two attached hydrogens (primary N) is 1. The minimum Gasteiger partial charge on any atom is -0.443 e. The van der Waals surface area contributed by atoms with Gasteiger partial charge in [-0.3, -0.25) is 4.79 Å². The van der Waals surface area contributed by atoms with E-state index < -0.39 is 46.9 Å². The highest BCUT2D eigenvalue weighted by Crippen LogP contribution is 2.59. The van der Waals surface area contributed by atoms with Crippen molar-refractivity contribution in [3.63, 3.8) is 0 Å². The third kappa shape index (κ3) is 3.62. The molecule has 3 saturated heterocycles. The molecule has 5 nitrogen and oxygen atoms in total. The number of rotatable bonds is 5. The Morgan fingerprint density at radius 3 is 2.49 bits per heavy atom. The molecule has 0 saturated carbocycles. The van der Waals surface area contributed by atoms with Crippen molar-refractivity contribution in [2.75, 3.05) is 13.2 Å². The van der Waals surface area contributed by atoms with Crippen LogP contribution in [0.2, 0.25) is 10.0 Å². The van der Waals surface area contributed by atoms with Crippen LogP contribution in [0, 0.1) is 17.0 Å². The maximum atomic E-state index is 15.6. The molecule has 2 aromatic carbocycles. The van der Waals surface area contributed by atoms with Crippen LogP contribution >= 0.6 is 23.2 Å². The number of carbonyl (C=O) groups excluding carboxylic acids is 1. The molecule has 0 amide bonds. The molecule has 0 aliphatic carbocycles. The quantitative estimate of drug-likeness (QED) is 0.532. The molecule has 0 spiro atoms. The number of esters is 1. The van der Waals surface area contributed by atoms with Crippen LogP contribution in [0.4, 0.5) is 8.78 Å². The van der Waals surface area contributed by atoms with Crippen LogP contribution in [0.15, 0.2) is 36.4 Å². The van der Waals surface area contributed by atoms with E-state index in [1.54, 1.807) is 32.0 Å². The summed E-state index contributed by atoms with van der Waals surface area (Å²) in [5, 5.41) is 0.118. The van der Waals surface area contributed by atoms with Crippen molar-refractivity contribution in [3.05, 3.63) is 69.2 Å². The number of carbonyl (C=O) groups is 1. The summed E-state index contributed by atoms with van der Waals surface area (Å²) in [5.41, 5.74) is 4.88. The fourth-order valence-corrected chi connectivity index (χ4v) is 6.62. The first-order valence-corrected chi connectivity index (χ1v) is 12.5. The van der Waals surface area contributed by atoms with Crippen molar-refractivity contribution in [3.8, 4) is 0 Å². The molecule has 3 fully saturated rings. The van der Waals surface area contributed by atoms with E-state index in [2.05, 4.69) is 6.92 Å². The number of benzene rings is 2. The van der Waals surface area contributed by atoms with E-state index in [1.165, 1.54) is 18.2 Å². The standard InChI is InChI=1S/C26H28Cl2F2N2O3/c1-4-25(12-34-13-25)11-19-26(31,16-9-8-14(27)10-18(16)29)20(15-6-5-7-17(28)21(15)30)22-23(33)35-24(2,3)32(19)22/h5-10,19-20,22H,4,11-13,31H2,1-3H3. The third-order valence-electron chi connectivity index (χ3n) is 8.14. The highest BCUT2D eigenvalue weighted by Gasteiger charge is 2.70. The first-order chi connectivity index (χ1) is 16.4. The molecule has 2 N–H and O–H groups in total. The van der Waals surface area contributed by atoms with Gasteiger partial charge in [0.15, 0.2) is 5.72 Å². The van der Waals surface area contributed by atoms with Crippen LogP contribution in [-0.2, 0) is 19.8 Å². The van der Waals surface area contributed by atoms with Gasteiger partial charge >= 0.3 is 5.97 Å². The maximum absolute atomic E-state index is 15.6. The average molecular weight is 525 g/mol. The number of cyclic esters (lactones) is 1. The summed E-state index contributed by atoms with van der Waals surface area (Å²) in [6.45, 7) is 6.69. The first kappa shape index (κ1) is 24.9. The summed E-state index contributed by atoms with van der Waals surface area (Å²) in [7, 11) is 0. The van der Waals surface area contributed by atoms with Crippen molar-refractivity contribution >= 4 is 29.2 Å². The molecule has 35 heavy (non-hydrogen) atoms. The first-order valence-electron chi connectivity index (χ1n) is 11.7. The van der Waals surface area contributed by atoms with Crippen LogP contribution in [0.1, 0.15) is 50.7 Å². The van der Waals surface area contributed by atoms with E-state index >= 15 is 8.78 Å². The Morgan fingerprint density at radius 1 is 1.17 bits per heavy atom. The van der Waals surface area contributed by atoms with Crippen molar-refractivity contribution in [1.29, 1.82) is 0 Å². The fourth-order valence-electron chi connectivity index (χ4n) is 6.28. The van der Waals surface area contributed by atoms with Gasteiger partial charge in [0.05, 0.1) is 23.8 Å². The van der Waals surface area contributed by atoms with E-state index in [0.29, 0.717) is 19.6 Å². The second-order valence-corrected chi connectivity index (χ2v) is 11.3. The lowest BCUT2D eigenvalue weighted by molar-refractivity contribution is -0.158. The van der Waals surface area contributed by atoms with E-state index in [9.17, 15) is 4.79 Å². The predicted molar refractivity (Wildman–Crippen MR) is 129 cm³/mol. The van der Waals surface area contributed by atoms with E-state index in [1.807, 2.05) is 4.90 Å². The van der Waals surface area contributed by atoms with E-state index in [4.69, 9.17) is 38.4 Å². The van der Waals surface area contributed by atoms with Gasteiger partial charge in [0.1, 0.15) is 17.7 Å². The predicted octanol–water partition coefficient (Wildman–Crippen LogP) is 5.37. The topological polar surface area (TPSA) is 64.8 Å². The van der Waals surface area contributed by atoms with Gasteiger partial charge in [-0.25, -0.2) is 13.7 Å². The van der Waals surface area contributed by atoms with Crippen LogP contribution in [0.3, 0.4) is 0 Å². The number of hydrogen-bond donors (Lipinski definition) is 1. The minimum absolute atomic E-state index is 0.0977. The Morgan fingerprint density at radius 2 is 1.89 bits per heavy atom. The number of hydrogen-bond acceptors (Lipinski definition) is 5. The Balaban J connectivity index is 1.80. The van der Waals surface area contributed by atoms with Gasteiger partial charge in [0.2, 0.25) is 0 Å². The molecule has 0 aromatic heterocycles. The summed E-state index contributed by atoms with van der Waals surface area (Å²) < 4.78 is 42.5. The third-order valence-corrected chi connectivity index (χ3v) is 8.66. The molecule has 2 aromatic rings. The minimum atomic E-state index is -1.50. The zero-order valence-electron chi connectivity index (χ0n) is 19.8. The molecule has 5 rings (SSSR count). The van der Waals surface area contributed by atoms with Gasteiger partial charge in [-0.2, -0.15) is 0 Å². The number of halogens is 4. The molecule has 0 radical (unpaired) electrons. The van der Waals surface area contributed by atoms with Crippen molar-refractivity contribution in [1.82, 2.24) is 4.90 Å². The van der Waals surface area contributed by atoms with Crippen LogP contribution < -0.4 is 5.73 Å². The second kappa shape index (κ2) is 8.38. The summed E-state index contributed by atoms with van der Waals surface area (Å²) in [6, 6.07) is 7.39. The Labute approximate surface area is 213 Å². The average Bonchev–Trinajstić information content (AvgIpc) is 3.15. The number of fused-ring (bicyclic) bond motifs is 1. The molecule has 4 atom stereocenters. The smallest absolute Gasteiger partial charge is 0.325 e. The van der Waals surface area contributed by atoms with E-state index in [0.717, 1.165) is 6.42 Å². The maximum Gasteiger partial charge on any atom is 0.325 e. The molecule has 188 valence electrons. The Kier molecular flexibility index (Phi) is 5.97. The van der Waals surface area contributed by atoms with Gasteiger partial charge in [0.25, 0.3) is 0 Å². The van der Waals surface area contributed by atoms with Crippen molar-refractivity contribution < 1.29 is 23.0 Å². The molecular weight excluding hydrogens is 497 g/mol. The van der Waals surface area contributed by atoms with Crippen molar-refractivity contribution in [2.45, 2.75) is 62.9 Å². The second-order valence-electron chi connectivity index (χ2n) is 10.5. The fraction of sp³-hybridized carbons (Fsp3) is 0.500. The lowest BCUT2D eigenvalue weighted by Crippen LogP contribution is -2.59. The highest BCUT2D eigenvalue weighted by molar-refractivity contribution is 6.31. The molecule has 3 aliphatic rings. The largest absolute Gasteiger partial charge is 0.443 e. The van der Waals surface area contributed by atoms with E-state index in [-0.39, 0.29) is 26.6 Å². The van der Waals surface area contributed by atoms with Gasteiger partial charge in [0, 0.05) is 28.0 Å². The summed E-state index contributed by atoms with van der Waals surface area (Å²) in [5.74, 6) is -2.79. The Bertz CT molecular complexity index is 1180. The number of ether oxygens (including phenoxy) is 2. The zero-order chi connectivity index (χ0) is 25.3. The normalized spacial score (nSPS) is 31.2. The van der Waals surface area contributed by atoms with Crippen molar-refractivity contribution in [2.24, 2.45) is 11.1 Å². The van der Waals surface area contributed by atoms with Gasteiger partial charge in [-0.05, 0) is 50.5 Å². The zero-order valence-corrected chi connectivity index (χ0v) is 21.3. The van der Waals surface area contributed by atoms with Gasteiger partial charge in [-0.1, -0.05) is 48.3 Å². The summed E-state index contributed by atoms with van der Waals surface area (Å²) >= 11 is 12.2. The summed E-state index contributed by atoms with van der Waals surface area (Å²) in [6.07, 6.45) is 1.32. The monoisotopic (exact) mass is 524 g/mol. The molecule has 3 aliphatic heterocycles. The lowest BCUT2D eigenvalue weighted by Gasteiger charge is -2.49. The summed E-state index contributed by atoms with van der Waals surface area (Å²) in [4.78, 5) is 15.3. The highest BCUT2D eigenvalue weighted by atomic mass is 35.5. The van der Waals surface area contributed by atoms with Crippen LogP contribution in [0.25, 0.3) is 0 Å².